The molecule has 5 nitrogen and oxygen atoms in total. The first-order valence-corrected chi connectivity index (χ1v) is 6.21. The highest BCUT2D eigenvalue weighted by Crippen LogP contribution is 2.11. The van der Waals surface area contributed by atoms with Crippen molar-refractivity contribution in [3.63, 3.8) is 0 Å². The molecule has 0 radical (unpaired) electrons. The highest BCUT2D eigenvalue weighted by molar-refractivity contribution is 5.96. The van der Waals surface area contributed by atoms with Crippen molar-refractivity contribution < 1.29 is 4.79 Å². The van der Waals surface area contributed by atoms with Gasteiger partial charge in [-0.15, -0.1) is 0 Å². The van der Waals surface area contributed by atoms with Crippen LogP contribution in [0.4, 0.5) is 0 Å². The smallest absolute Gasteiger partial charge is 0.255 e. The number of aryl methyl sites for hydroxylation is 2. The molecule has 2 rings (SSSR count). The van der Waals surface area contributed by atoms with E-state index in [-0.39, 0.29) is 11.9 Å². The van der Waals surface area contributed by atoms with Crippen LogP contribution < -0.4 is 10.6 Å². The third kappa shape index (κ3) is 2.85. The summed E-state index contributed by atoms with van der Waals surface area (Å²) < 4.78 is 0. The highest BCUT2D eigenvalue weighted by atomic mass is 16.1. The summed E-state index contributed by atoms with van der Waals surface area (Å²) in [5.74, 6) is 0.000602. The van der Waals surface area contributed by atoms with E-state index >= 15 is 0 Å². The van der Waals surface area contributed by atoms with E-state index in [0.717, 1.165) is 43.7 Å². The van der Waals surface area contributed by atoms with Crippen LogP contribution in [0.25, 0.3) is 0 Å². The quantitative estimate of drug-likeness (QED) is 0.714. The molecule has 1 fully saturated rings. The first-order chi connectivity index (χ1) is 8.18. The molecule has 1 aromatic rings. The van der Waals surface area contributed by atoms with Gasteiger partial charge in [0.2, 0.25) is 0 Å². The average molecular weight is 236 g/mol. The van der Waals surface area contributed by atoms with Crippen LogP contribution in [0.3, 0.4) is 0 Å². The lowest BCUT2D eigenvalue weighted by atomic mass is 10.1. The van der Waals surface area contributed by atoms with E-state index in [1.165, 1.54) is 0 Å². The number of hydrogen-bond acceptors (Lipinski definition) is 3. The fraction of sp³-hybridized carbons (Fsp3) is 0.667. The standard InChI is InChI=1S/C12H20N4O/c1-8-11(9(2)16-15-8)12(17)14-10-4-3-6-13-7-5-10/h10,13H,3-7H2,1-2H3,(H,14,17)(H,15,16). The summed E-state index contributed by atoms with van der Waals surface area (Å²) in [6.45, 7) is 5.76. The Bertz CT molecular complexity index is 372. The number of carbonyl (C=O) groups is 1. The van der Waals surface area contributed by atoms with E-state index in [0.29, 0.717) is 5.56 Å². The Morgan fingerprint density at radius 2 is 2.18 bits per heavy atom. The zero-order valence-electron chi connectivity index (χ0n) is 10.5. The average Bonchev–Trinajstić information content (AvgIpc) is 2.53. The Kier molecular flexibility index (Phi) is 3.78. The van der Waals surface area contributed by atoms with Crippen molar-refractivity contribution in [3.8, 4) is 0 Å². The fourth-order valence-electron chi connectivity index (χ4n) is 2.31. The summed E-state index contributed by atoms with van der Waals surface area (Å²) in [4.78, 5) is 12.1. The molecule has 1 aliphatic rings. The van der Waals surface area contributed by atoms with Gasteiger partial charge < -0.3 is 10.6 Å². The second-order valence-corrected chi connectivity index (χ2v) is 4.66. The summed E-state index contributed by atoms with van der Waals surface area (Å²) in [5.41, 5.74) is 2.31. The highest BCUT2D eigenvalue weighted by Gasteiger charge is 2.19. The van der Waals surface area contributed by atoms with Crippen molar-refractivity contribution in [1.29, 1.82) is 0 Å². The first-order valence-electron chi connectivity index (χ1n) is 6.21. The zero-order chi connectivity index (χ0) is 12.3. The second kappa shape index (κ2) is 5.31. The van der Waals surface area contributed by atoms with Gasteiger partial charge in [-0.2, -0.15) is 5.10 Å². The molecule has 0 saturated carbocycles. The zero-order valence-corrected chi connectivity index (χ0v) is 10.5. The van der Waals surface area contributed by atoms with Crippen molar-refractivity contribution >= 4 is 5.91 Å². The van der Waals surface area contributed by atoms with Gasteiger partial charge in [0, 0.05) is 11.7 Å². The van der Waals surface area contributed by atoms with Crippen molar-refractivity contribution in [1.82, 2.24) is 20.8 Å². The topological polar surface area (TPSA) is 69.8 Å². The second-order valence-electron chi connectivity index (χ2n) is 4.66. The van der Waals surface area contributed by atoms with Gasteiger partial charge in [0.25, 0.3) is 5.91 Å². The van der Waals surface area contributed by atoms with E-state index in [1.54, 1.807) is 0 Å². The predicted molar refractivity (Wildman–Crippen MR) is 66.0 cm³/mol. The van der Waals surface area contributed by atoms with Crippen molar-refractivity contribution in [2.75, 3.05) is 13.1 Å². The Morgan fingerprint density at radius 1 is 1.35 bits per heavy atom. The molecule has 2 heterocycles. The molecule has 1 aromatic heterocycles. The number of H-pyrrole nitrogens is 1. The van der Waals surface area contributed by atoms with Gasteiger partial charge in [-0.1, -0.05) is 0 Å². The van der Waals surface area contributed by atoms with Crippen LogP contribution in [0.15, 0.2) is 0 Å². The Balaban J connectivity index is 2.01. The molecule has 1 unspecified atom stereocenters. The molecule has 1 saturated heterocycles. The Hall–Kier alpha value is -1.36. The monoisotopic (exact) mass is 236 g/mol. The number of nitrogens with one attached hydrogen (secondary N) is 3. The molecular formula is C12H20N4O. The third-order valence-corrected chi connectivity index (χ3v) is 3.27. The van der Waals surface area contributed by atoms with Crippen LogP contribution in [-0.2, 0) is 0 Å². The van der Waals surface area contributed by atoms with Gasteiger partial charge in [0.05, 0.1) is 11.3 Å². The number of amides is 1. The molecular weight excluding hydrogens is 216 g/mol. The summed E-state index contributed by atoms with van der Waals surface area (Å²) in [7, 11) is 0. The Labute approximate surface area is 101 Å². The molecule has 3 N–H and O–H groups in total. The van der Waals surface area contributed by atoms with Crippen LogP contribution in [0.2, 0.25) is 0 Å². The minimum absolute atomic E-state index is 0.000602. The molecule has 94 valence electrons. The maximum atomic E-state index is 12.1. The summed E-state index contributed by atoms with van der Waals surface area (Å²) in [6, 6.07) is 0.284. The van der Waals surface area contributed by atoms with Crippen LogP contribution >= 0.6 is 0 Å². The van der Waals surface area contributed by atoms with Crippen molar-refractivity contribution in [2.24, 2.45) is 0 Å². The minimum Gasteiger partial charge on any atom is -0.349 e. The normalized spacial score (nSPS) is 20.9. The lowest BCUT2D eigenvalue weighted by Crippen LogP contribution is -2.35. The van der Waals surface area contributed by atoms with Crippen molar-refractivity contribution in [3.05, 3.63) is 17.0 Å². The summed E-state index contributed by atoms with van der Waals surface area (Å²) in [6.07, 6.45) is 3.17. The van der Waals surface area contributed by atoms with Gasteiger partial charge in [-0.25, -0.2) is 0 Å². The van der Waals surface area contributed by atoms with Crippen LogP contribution in [0.5, 0.6) is 0 Å². The van der Waals surface area contributed by atoms with E-state index in [2.05, 4.69) is 20.8 Å². The van der Waals surface area contributed by atoms with E-state index in [9.17, 15) is 4.79 Å². The lowest BCUT2D eigenvalue weighted by molar-refractivity contribution is 0.0933. The van der Waals surface area contributed by atoms with Gasteiger partial charge in [-0.3, -0.25) is 9.89 Å². The minimum atomic E-state index is 0.000602. The molecule has 0 bridgehead atoms. The molecule has 5 heteroatoms. The van der Waals surface area contributed by atoms with E-state index < -0.39 is 0 Å². The Morgan fingerprint density at radius 3 is 2.88 bits per heavy atom. The summed E-state index contributed by atoms with van der Waals surface area (Å²) >= 11 is 0. The molecule has 0 aromatic carbocycles. The van der Waals surface area contributed by atoms with E-state index in [4.69, 9.17) is 0 Å². The molecule has 1 aliphatic heterocycles. The summed E-state index contributed by atoms with van der Waals surface area (Å²) in [5, 5.41) is 13.3. The molecule has 0 aliphatic carbocycles. The van der Waals surface area contributed by atoms with Gasteiger partial charge in [0.15, 0.2) is 0 Å². The van der Waals surface area contributed by atoms with Gasteiger partial charge in [0.1, 0.15) is 0 Å². The number of carbonyl (C=O) groups excluding carboxylic acids is 1. The maximum Gasteiger partial charge on any atom is 0.255 e. The molecule has 1 atom stereocenters. The van der Waals surface area contributed by atoms with Gasteiger partial charge >= 0.3 is 0 Å². The van der Waals surface area contributed by atoms with Crippen molar-refractivity contribution in [2.45, 2.75) is 39.2 Å². The maximum absolute atomic E-state index is 12.1. The number of hydrogen-bond donors (Lipinski definition) is 3. The van der Waals surface area contributed by atoms with E-state index in [1.807, 2.05) is 13.8 Å². The third-order valence-electron chi connectivity index (χ3n) is 3.27. The first kappa shape index (κ1) is 12.1. The number of aromatic nitrogens is 2. The molecule has 0 spiro atoms. The number of rotatable bonds is 2. The van der Waals surface area contributed by atoms with Gasteiger partial charge in [-0.05, 0) is 46.2 Å². The van der Waals surface area contributed by atoms with Crippen LogP contribution in [0.1, 0.15) is 41.0 Å². The number of nitrogens with zero attached hydrogens (tertiary/aromatic N) is 1. The lowest BCUT2D eigenvalue weighted by Gasteiger charge is -2.15. The SMILES string of the molecule is Cc1n[nH]c(C)c1C(=O)NC1CCCNCC1. The number of aromatic amines is 1. The largest absolute Gasteiger partial charge is 0.349 e. The fourth-order valence-corrected chi connectivity index (χ4v) is 2.31. The van der Waals surface area contributed by atoms with Crippen LogP contribution in [0, 0.1) is 13.8 Å². The molecule has 17 heavy (non-hydrogen) atoms. The van der Waals surface area contributed by atoms with Crippen LogP contribution in [-0.4, -0.2) is 35.2 Å². The predicted octanol–water partition coefficient (Wildman–Crippen LogP) is 0.898. The molecule has 1 amide bonds.